The van der Waals surface area contributed by atoms with Crippen LogP contribution in [0.1, 0.15) is 6.92 Å². The zero-order valence-electron chi connectivity index (χ0n) is 14.4. The lowest BCUT2D eigenvalue weighted by atomic mass is 10.0. The van der Waals surface area contributed by atoms with Crippen LogP contribution in [0.5, 0.6) is 5.88 Å². The first-order chi connectivity index (χ1) is 12.0. The van der Waals surface area contributed by atoms with Crippen LogP contribution in [0.15, 0.2) is 52.9 Å². The molecule has 0 saturated carbocycles. The van der Waals surface area contributed by atoms with Gasteiger partial charge in [-0.3, -0.25) is 4.79 Å². The molecule has 130 valence electrons. The predicted molar refractivity (Wildman–Crippen MR) is 95.8 cm³/mol. The summed E-state index contributed by atoms with van der Waals surface area (Å²) in [4.78, 5) is 18.2. The summed E-state index contributed by atoms with van der Waals surface area (Å²) >= 11 is 0. The van der Waals surface area contributed by atoms with Crippen molar-refractivity contribution in [2.75, 3.05) is 27.2 Å². The monoisotopic (exact) mass is 340 g/mol. The van der Waals surface area contributed by atoms with Crippen molar-refractivity contribution in [2.45, 2.75) is 6.92 Å². The second-order valence-corrected chi connectivity index (χ2v) is 6.00. The largest absolute Gasteiger partial charge is 0.505 e. The van der Waals surface area contributed by atoms with Gasteiger partial charge in [0.05, 0.1) is 5.52 Å². The van der Waals surface area contributed by atoms with E-state index in [2.05, 4.69) is 10.1 Å². The molecule has 1 N–H and O–H groups in total. The van der Waals surface area contributed by atoms with Crippen molar-refractivity contribution in [3.8, 4) is 5.88 Å². The lowest BCUT2D eigenvalue weighted by molar-refractivity contribution is -0.111. The normalized spacial score (nSPS) is 16.5. The van der Waals surface area contributed by atoms with Gasteiger partial charge in [0.25, 0.3) is 5.88 Å². The Bertz CT molecular complexity index is 906. The highest BCUT2D eigenvalue weighted by atomic mass is 16.5. The Labute approximate surface area is 145 Å². The molecule has 0 fully saturated rings. The number of fused-ring (bicyclic) bond motifs is 1. The first-order valence-corrected chi connectivity index (χ1v) is 7.93. The summed E-state index contributed by atoms with van der Waals surface area (Å²) in [5.74, 6) is 0.0390. The summed E-state index contributed by atoms with van der Waals surface area (Å²) in [7, 11) is 3.92. The number of carbonyl (C=O) groups is 1. The third-order valence-electron chi connectivity index (χ3n) is 3.85. The molecule has 7 nitrogen and oxygen atoms in total. The molecule has 25 heavy (non-hydrogen) atoms. The molecule has 0 amide bonds. The number of ketones is 1. The number of aliphatic hydroxyl groups excluding tert-OH is 1. The summed E-state index contributed by atoms with van der Waals surface area (Å²) in [6.07, 6.45) is 4.70. The molecule has 1 aliphatic carbocycles. The maximum Gasteiger partial charge on any atom is 0.260 e. The van der Waals surface area contributed by atoms with E-state index in [4.69, 9.17) is 4.74 Å². The van der Waals surface area contributed by atoms with Crippen molar-refractivity contribution in [3.63, 3.8) is 0 Å². The SMILES string of the molecule is CC1=C(O)C(=Nc2c(OCCN(C)C)nn3ccccc23)C=CC1=O. The molecule has 7 heteroatoms. The number of hydrogen-bond donors (Lipinski definition) is 1. The molecule has 1 aliphatic rings. The van der Waals surface area contributed by atoms with Crippen molar-refractivity contribution in [1.29, 1.82) is 0 Å². The zero-order valence-corrected chi connectivity index (χ0v) is 14.4. The van der Waals surface area contributed by atoms with Gasteiger partial charge in [0.15, 0.2) is 11.5 Å². The molecule has 0 unspecified atom stereocenters. The van der Waals surface area contributed by atoms with E-state index in [9.17, 15) is 9.90 Å². The molecule has 0 spiro atoms. The van der Waals surface area contributed by atoms with E-state index in [1.54, 1.807) is 17.6 Å². The number of likely N-dealkylation sites (N-methyl/N-ethyl adjacent to an activating group) is 1. The van der Waals surface area contributed by atoms with Crippen LogP contribution in [0, 0.1) is 0 Å². The number of rotatable bonds is 5. The molecule has 0 atom stereocenters. The lowest BCUT2D eigenvalue weighted by Crippen LogP contribution is -2.19. The van der Waals surface area contributed by atoms with Crippen molar-refractivity contribution >= 4 is 22.7 Å². The Morgan fingerprint density at radius 1 is 1.32 bits per heavy atom. The number of aliphatic imine (C=N–C) groups is 1. The molecular weight excluding hydrogens is 320 g/mol. The van der Waals surface area contributed by atoms with Crippen LogP contribution < -0.4 is 4.74 Å². The smallest absolute Gasteiger partial charge is 0.260 e. The average Bonchev–Trinajstić information content (AvgIpc) is 2.93. The van der Waals surface area contributed by atoms with Gasteiger partial charge in [0, 0.05) is 18.3 Å². The van der Waals surface area contributed by atoms with Crippen molar-refractivity contribution in [2.24, 2.45) is 4.99 Å². The van der Waals surface area contributed by atoms with Crippen molar-refractivity contribution < 1.29 is 14.6 Å². The van der Waals surface area contributed by atoms with Crippen molar-refractivity contribution in [1.82, 2.24) is 14.5 Å². The van der Waals surface area contributed by atoms with Gasteiger partial charge in [-0.05, 0) is 45.3 Å². The minimum atomic E-state index is -0.223. The second-order valence-electron chi connectivity index (χ2n) is 6.00. The van der Waals surface area contributed by atoms with E-state index in [1.807, 2.05) is 37.2 Å². The first kappa shape index (κ1) is 16.9. The Hall–Kier alpha value is -2.93. The number of carbonyl (C=O) groups excluding carboxylic acids is 1. The number of hydrogen-bond acceptors (Lipinski definition) is 6. The maximum atomic E-state index is 11.6. The fourth-order valence-electron chi connectivity index (χ4n) is 2.37. The summed E-state index contributed by atoms with van der Waals surface area (Å²) in [5, 5.41) is 14.6. The van der Waals surface area contributed by atoms with E-state index >= 15 is 0 Å². The summed E-state index contributed by atoms with van der Waals surface area (Å²) in [6.45, 7) is 2.77. The van der Waals surface area contributed by atoms with Crippen LogP contribution in [0.25, 0.3) is 5.52 Å². The summed E-state index contributed by atoms with van der Waals surface area (Å²) in [6, 6.07) is 5.61. The fraction of sp³-hybridized carbons (Fsp3) is 0.278. The average molecular weight is 340 g/mol. The highest BCUT2D eigenvalue weighted by Gasteiger charge is 2.20. The zero-order chi connectivity index (χ0) is 18.0. The second kappa shape index (κ2) is 6.90. The molecular formula is C18H20N4O3. The topological polar surface area (TPSA) is 79.4 Å². The first-order valence-electron chi connectivity index (χ1n) is 7.93. The Balaban J connectivity index is 2.03. The van der Waals surface area contributed by atoms with Crippen LogP contribution in [-0.4, -0.2) is 58.4 Å². The Morgan fingerprint density at radius 2 is 2.12 bits per heavy atom. The van der Waals surface area contributed by atoms with Gasteiger partial charge >= 0.3 is 0 Å². The van der Waals surface area contributed by atoms with Crippen LogP contribution >= 0.6 is 0 Å². The van der Waals surface area contributed by atoms with Crippen LogP contribution in [-0.2, 0) is 4.79 Å². The highest BCUT2D eigenvalue weighted by Crippen LogP contribution is 2.33. The number of allylic oxidation sites excluding steroid dienone is 3. The summed E-state index contributed by atoms with van der Waals surface area (Å²) < 4.78 is 7.46. The van der Waals surface area contributed by atoms with Gasteiger partial charge in [-0.25, -0.2) is 9.51 Å². The number of ether oxygens (including phenoxy) is 1. The summed E-state index contributed by atoms with van der Waals surface area (Å²) in [5.41, 5.74) is 1.86. The fourth-order valence-corrected chi connectivity index (χ4v) is 2.37. The predicted octanol–water partition coefficient (Wildman–Crippen LogP) is 2.32. The molecule has 2 heterocycles. The highest BCUT2D eigenvalue weighted by molar-refractivity contribution is 6.21. The molecule has 0 radical (unpaired) electrons. The van der Waals surface area contributed by atoms with Crippen LogP contribution in [0.4, 0.5) is 5.69 Å². The molecule has 0 saturated heterocycles. The standard InChI is InChI=1S/C18H20N4O3/c1-12-15(23)8-7-13(17(12)24)19-16-14-6-4-5-9-22(14)20-18(16)25-11-10-21(2)3/h4-9,24H,10-11H2,1-3H3. The number of aliphatic hydroxyl groups is 1. The molecule has 0 aliphatic heterocycles. The number of pyridine rings is 1. The lowest BCUT2D eigenvalue weighted by Gasteiger charge is -2.11. The molecule has 2 aromatic rings. The van der Waals surface area contributed by atoms with Gasteiger partial charge in [-0.1, -0.05) is 6.07 Å². The Morgan fingerprint density at radius 3 is 2.88 bits per heavy atom. The van der Waals surface area contributed by atoms with E-state index in [1.165, 1.54) is 12.2 Å². The molecule has 0 bridgehead atoms. The Kier molecular flexibility index (Phi) is 4.67. The van der Waals surface area contributed by atoms with Gasteiger partial charge in [-0.2, -0.15) is 0 Å². The van der Waals surface area contributed by atoms with E-state index in [0.717, 1.165) is 12.1 Å². The third kappa shape index (κ3) is 3.46. The van der Waals surface area contributed by atoms with E-state index in [-0.39, 0.29) is 17.1 Å². The minimum Gasteiger partial charge on any atom is -0.505 e. The van der Waals surface area contributed by atoms with Crippen LogP contribution in [0.3, 0.4) is 0 Å². The quantitative estimate of drug-likeness (QED) is 0.845. The van der Waals surface area contributed by atoms with Gasteiger partial charge in [0.1, 0.15) is 18.1 Å². The van der Waals surface area contributed by atoms with Gasteiger partial charge in [0.2, 0.25) is 0 Å². The molecule has 3 rings (SSSR count). The molecule has 2 aromatic heterocycles. The minimum absolute atomic E-state index is 0.123. The number of aromatic nitrogens is 2. The molecule has 0 aromatic carbocycles. The van der Waals surface area contributed by atoms with E-state index < -0.39 is 0 Å². The third-order valence-corrected chi connectivity index (χ3v) is 3.85. The van der Waals surface area contributed by atoms with Crippen LogP contribution in [0.2, 0.25) is 0 Å². The number of nitrogens with zero attached hydrogens (tertiary/aromatic N) is 4. The van der Waals surface area contributed by atoms with E-state index in [0.29, 0.717) is 23.9 Å². The maximum absolute atomic E-state index is 11.6. The van der Waals surface area contributed by atoms with Crippen molar-refractivity contribution in [3.05, 3.63) is 47.9 Å². The van der Waals surface area contributed by atoms with Gasteiger partial charge in [-0.15, -0.1) is 5.10 Å². The van der Waals surface area contributed by atoms with Gasteiger partial charge < -0.3 is 14.7 Å².